The van der Waals surface area contributed by atoms with Crippen LogP contribution in [-0.2, 0) is 9.59 Å². The molecule has 0 spiro atoms. The van der Waals surface area contributed by atoms with Crippen LogP contribution in [0.4, 0.5) is 13.2 Å². The number of piperidine rings is 1. The average molecular weight is 294 g/mol. The molecule has 0 aromatic rings. The van der Waals surface area contributed by atoms with E-state index in [1.807, 2.05) is 0 Å². The summed E-state index contributed by atoms with van der Waals surface area (Å²) in [6, 6.07) is -0.408. The lowest BCUT2D eigenvalue weighted by atomic mass is 9.91. The van der Waals surface area contributed by atoms with Gasteiger partial charge in [0.25, 0.3) is 0 Å². The topological polar surface area (TPSA) is 49.4 Å². The Hall–Kier alpha value is -1.27. The minimum absolute atomic E-state index is 0.100. The van der Waals surface area contributed by atoms with Crippen LogP contribution < -0.4 is 5.32 Å². The SMILES string of the molecule is CC(=O)N1CC(CC(F)(F)F)CC(NC(=O)C(C)C)C1. The third kappa shape index (κ3) is 5.38. The van der Waals surface area contributed by atoms with Gasteiger partial charge in [-0.2, -0.15) is 13.2 Å². The Bertz CT molecular complexity index is 369. The van der Waals surface area contributed by atoms with Crippen LogP contribution in [0.1, 0.15) is 33.6 Å². The van der Waals surface area contributed by atoms with Crippen molar-refractivity contribution >= 4 is 11.8 Å². The van der Waals surface area contributed by atoms with Gasteiger partial charge >= 0.3 is 6.18 Å². The van der Waals surface area contributed by atoms with Gasteiger partial charge < -0.3 is 10.2 Å². The van der Waals surface area contributed by atoms with E-state index < -0.39 is 24.6 Å². The molecule has 1 heterocycles. The van der Waals surface area contributed by atoms with E-state index in [0.717, 1.165) is 0 Å². The van der Waals surface area contributed by atoms with Crippen molar-refractivity contribution in [3.05, 3.63) is 0 Å². The predicted octanol–water partition coefficient (Wildman–Crippen LogP) is 1.95. The molecule has 0 radical (unpaired) electrons. The molecule has 0 aliphatic carbocycles. The molecule has 20 heavy (non-hydrogen) atoms. The minimum Gasteiger partial charge on any atom is -0.351 e. The monoisotopic (exact) mass is 294 g/mol. The molecule has 1 fully saturated rings. The minimum atomic E-state index is -4.25. The fraction of sp³-hybridized carbons (Fsp3) is 0.846. The largest absolute Gasteiger partial charge is 0.389 e. The first kappa shape index (κ1) is 16.8. The first-order chi connectivity index (χ1) is 9.08. The molecule has 1 rings (SSSR count). The van der Waals surface area contributed by atoms with E-state index in [2.05, 4.69) is 5.32 Å². The molecule has 2 unspecified atom stereocenters. The number of carbonyl (C=O) groups is 2. The molecule has 0 aromatic carbocycles. The summed E-state index contributed by atoms with van der Waals surface area (Å²) in [7, 11) is 0. The number of amides is 2. The molecule has 2 amide bonds. The third-order valence-electron chi connectivity index (χ3n) is 3.37. The van der Waals surface area contributed by atoms with E-state index in [1.165, 1.54) is 11.8 Å². The van der Waals surface area contributed by atoms with Gasteiger partial charge in [0, 0.05) is 38.4 Å². The zero-order valence-corrected chi connectivity index (χ0v) is 12.0. The highest BCUT2D eigenvalue weighted by Crippen LogP contribution is 2.30. The number of nitrogens with one attached hydrogen (secondary N) is 1. The number of halogens is 3. The van der Waals surface area contributed by atoms with Crippen LogP contribution in [0.2, 0.25) is 0 Å². The Morgan fingerprint density at radius 2 is 1.90 bits per heavy atom. The van der Waals surface area contributed by atoms with E-state index >= 15 is 0 Å². The van der Waals surface area contributed by atoms with E-state index in [0.29, 0.717) is 0 Å². The highest BCUT2D eigenvalue weighted by Gasteiger charge is 2.37. The quantitative estimate of drug-likeness (QED) is 0.865. The number of alkyl halides is 3. The Kier molecular flexibility index (Phi) is 5.42. The number of nitrogens with zero attached hydrogens (tertiary/aromatic N) is 1. The Labute approximate surface area is 116 Å². The van der Waals surface area contributed by atoms with Crippen LogP contribution in [0.25, 0.3) is 0 Å². The number of likely N-dealkylation sites (tertiary alicyclic amines) is 1. The van der Waals surface area contributed by atoms with Crippen molar-refractivity contribution in [2.75, 3.05) is 13.1 Å². The van der Waals surface area contributed by atoms with Crippen LogP contribution >= 0.6 is 0 Å². The van der Waals surface area contributed by atoms with Crippen molar-refractivity contribution in [1.29, 1.82) is 0 Å². The van der Waals surface area contributed by atoms with Crippen LogP contribution in [0.15, 0.2) is 0 Å². The van der Waals surface area contributed by atoms with Crippen molar-refractivity contribution in [1.82, 2.24) is 10.2 Å². The Balaban J connectivity index is 2.70. The summed E-state index contributed by atoms with van der Waals surface area (Å²) in [6.07, 6.45) is -4.93. The van der Waals surface area contributed by atoms with Gasteiger partial charge in [-0.25, -0.2) is 0 Å². The molecular formula is C13H21F3N2O2. The van der Waals surface area contributed by atoms with Gasteiger partial charge in [0.05, 0.1) is 0 Å². The second-order valence-corrected chi connectivity index (χ2v) is 5.71. The molecular weight excluding hydrogens is 273 g/mol. The highest BCUT2D eigenvalue weighted by molar-refractivity contribution is 5.78. The van der Waals surface area contributed by atoms with E-state index in [-0.39, 0.29) is 37.2 Å². The van der Waals surface area contributed by atoms with Crippen molar-refractivity contribution in [2.45, 2.75) is 45.8 Å². The first-order valence-corrected chi connectivity index (χ1v) is 6.71. The van der Waals surface area contributed by atoms with Crippen molar-refractivity contribution < 1.29 is 22.8 Å². The van der Waals surface area contributed by atoms with Crippen molar-refractivity contribution in [2.24, 2.45) is 11.8 Å². The number of hydrogen-bond acceptors (Lipinski definition) is 2. The summed E-state index contributed by atoms with van der Waals surface area (Å²) in [6.45, 7) is 5.14. The van der Waals surface area contributed by atoms with E-state index in [9.17, 15) is 22.8 Å². The second-order valence-electron chi connectivity index (χ2n) is 5.71. The summed E-state index contributed by atoms with van der Waals surface area (Å²) in [4.78, 5) is 24.4. The molecule has 0 aromatic heterocycles. The smallest absolute Gasteiger partial charge is 0.351 e. The van der Waals surface area contributed by atoms with Gasteiger partial charge in [-0.1, -0.05) is 13.8 Å². The molecule has 1 saturated heterocycles. The maximum absolute atomic E-state index is 12.5. The second kappa shape index (κ2) is 6.45. The normalized spacial score (nSPS) is 23.9. The fourth-order valence-electron chi connectivity index (χ4n) is 2.41. The number of carbonyl (C=O) groups excluding carboxylic acids is 2. The van der Waals surface area contributed by atoms with E-state index in [4.69, 9.17) is 0 Å². The van der Waals surface area contributed by atoms with Crippen molar-refractivity contribution in [3.8, 4) is 0 Å². The summed E-state index contributed by atoms with van der Waals surface area (Å²) in [5.41, 5.74) is 0. The van der Waals surface area contributed by atoms with Gasteiger partial charge in [-0.3, -0.25) is 9.59 Å². The van der Waals surface area contributed by atoms with Crippen LogP contribution in [-0.4, -0.2) is 42.0 Å². The zero-order chi connectivity index (χ0) is 15.5. The molecule has 4 nitrogen and oxygen atoms in total. The molecule has 116 valence electrons. The number of rotatable bonds is 3. The molecule has 0 bridgehead atoms. The number of hydrogen-bond donors (Lipinski definition) is 1. The zero-order valence-electron chi connectivity index (χ0n) is 12.0. The van der Waals surface area contributed by atoms with E-state index in [1.54, 1.807) is 13.8 Å². The summed E-state index contributed by atoms with van der Waals surface area (Å²) < 4.78 is 37.5. The summed E-state index contributed by atoms with van der Waals surface area (Å²) in [5, 5.41) is 2.72. The first-order valence-electron chi connectivity index (χ1n) is 6.71. The standard InChI is InChI=1S/C13H21F3N2O2/c1-8(2)12(20)17-11-4-10(5-13(14,15)16)6-18(7-11)9(3)19/h8,10-11H,4-7H2,1-3H3,(H,17,20). The van der Waals surface area contributed by atoms with Crippen LogP contribution in [0.3, 0.4) is 0 Å². The lowest BCUT2D eigenvalue weighted by Crippen LogP contribution is -2.53. The molecule has 2 atom stereocenters. The Morgan fingerprint density at radius 1 is 1.30 bits per heavy atom. The maximum atomic E-state index is 12.5. The van der Waals surface area contributed by atoms with Crippen LogP contribution in [0, 0.1) is 11.8 Å². The predicted molar refractivity (Wildman–Crippen MR) is 67.8 cm³/mol. The molecule has 7 heteroatoms. The maximum Gasteiger partial charge on any atom is 0.389 e. The van der Waals surface area contributed by atoms with Gasteiger partial charge in [0.15, 0.2) is 0 Å². The summed E-state index contributed by atoms with van der Waals surface area (Å²) >= 11 is 0. The lowest BCUT2D eigenvalue weighted by Gasteiger charge is -2.38. The van der Waals surface area contributed by atoms with Gasteiger partial charge in [0.2, 0.25) is 11.8 Å². The highest BCUT2D eigenvalue weighted by atomic mass is 19.4. The van der Waals surface area contributed by atoms with Gasteiger partial charge in [-0.05, 0) is 12.3 Å². The molecule has 1 aliphatic heterocycles. The van der Waals surface area contributed by atoms with Gasteiger partial charge in [0.1, 0.15) is 0 Å². The fourth-order valence-corrected chi connectivity index (χ4v) is 2.41. The summed E-state index contributed by atoms with van der Waals surface area (Å²) in [5.74, 6) is -1.36. The average Bonchev–Trinajstić information content (AvgIpc) is 2.25. The molecule has 0 saturated carbocycles. The third-order valence-corrected chi connectivity index (χ3v) is 3.37. The van der Waals surface area contributed by atoms with Crippen molar-refractivity contribution in [3.63, 3.8) is 0 Å². The lowest BCUT2D eigenvalue weighted by molar-refractivity contribution is -0.153. The van der Waals surface area contributed by atoms with Crippen LogP contribution in [0.5, 0.6) is 0 Å². The van der Waals surface area contributed by atoms with Gasteiger partial charge in [-0.15, -0.1) is 0 Å². The Morgan fingerprint density at radius 3 is 2.35 bits per heavy atom. The molecule has 1 N–H and O–H groups in total. The molecule has 1 aliphatic rings.